The first-order chi connectivity index (χ1) is 13.4. The molecule has 2 aliphatic heterocycles. The van der Waals surface area contributed by atoms with Gasteiger partial charge in [0.2, 0.25) is 10.0 Å². The first kappa shape index (κ1) is 21.2. The number of carbonyl (C=O) groups excluding carboxylic acids is 1. The summed E-state index contributed by atoms with van der Waals surface area (Å²) >= 11 is 0. The van der Waals surface area contributed by atoms with Crippen LogP contribution in [0, 0.1) is 5.82 Å². The Bertz CT molecular complexity index is 774. The Hall–Kier alpha value is -1.55. The Kier molecular flexibility index (Phi) is 7.03. The fourth-order valence-electron chi connectivity index (χ4n) is 3.46. The van der Waals surface area contributed by atoms with Crippen molar-refractivity contribution in [3.8, 4) is 0 Å². The lowest BCUT2D eigenvalue weighted by atomic mass is 10.1. The second-order valence-corrected chi connectivity index (χ2v) is 9.03. The van der Waals surface area contributed by atoms with Gasteiger partial charge in [-0.3, -0.25) is 4.79 Å². The molecule has 0 N–H and O–H groups in total. The van der Waals surface area contributed by atoms with Crippen LogP contribution in [0.3, 0.4) is 0 Å². The van der Waals surface area contributed by atoms with Gasteiger partial charge in [-0.15, -0.1) is 0 Å². The molecule has 0 bridgehead atoms. The quantitative estimate of drug-likeness (QED) is 0.707. The van der Waals surface area contributed by atoms with Gasteiger partial charge in [-0.05, 0) is 38.3 Å². The minimum absolute atomic E-state index is 0.0340. The highest BCUT2D eigenvalue weighted by atomic mass is 32.2. The van der Waals surface area contributed by atoms with Crippen molar-refractivity contribution in [1.82, 2.24) is 9.21 Å². The number of hydrogen-bond acceptors (Lipinski definition) is 5. The fourth-order valence-corrected chi connectivity index (χ4v) is 4.95. The van der Waals surface area contributed by atoms with Crippen LogP contribution in [0.4, 0.5) is 4.39 Å². The number of carbonyl (C=O) groups is 1. The summed E-state index contributed by atoms with van der Waals surface area (Å²) in [4.78, 5) is 13.8. The number of sulfonamides is 1. The standard InChI is InChI=1S/C19H27FN2O5S/c1-15(27-14-16-6-4-5-13-26-16)19(23)21-9-11-22(12-10-21)28(24,25)18-8-3-2-7-17(18)20/h2-3,7-8,15-16H,4-6,9-14H2,1H3/t15-,16-/m0/s1. The van der Waals surface area contributed by atoms with Crippen LogP contribution >= 0.6 is 0 Å². The molecule has 2 aliphatic rings. The van der Waals surface area contributed by atoms with Crippen LogP contribution in [0.5, 0.6) is 0 Å². The summed E-state index contributed by atoms with van der Waals surface area (Å²) in [5, 5.41) is 0. The van der Waals surface area contributed by atoms with Crippen LogP contribution in [0.15, 0.2) is 29.2 Å². The summed E-state index contributed by atoms with van der Waals surface area (Å²) < 4.78 is 51.7. The Morgan fingerprint density at radius 1 is 1.25 bits per heavy atom. The van der Waals surface area contributed by atoms with E-state index in [-0.39, 0.29) is 43.1 Å². The van der Waals surface area contributed by atoms with Gasteiger partial charge in [-0.25, -0.2) is 12.8 Å². The van der Waals surface area contributed by atoms with Crippen molar-refractivity contribution in [2.75, 3.05) is 39.4 Å². The molecule has 2 saturated heterocycles. The van der Waals surface area contributed by atoms with Crippen molar-refractivity contribution in [3.05, 3.63) is 30.1 Å². The Morgan fingerprint density at radius 2 is 1.96 bits per heavy atom. The molecular formula is C19H27FN2O5S. The third kappa shape index (κ3) is 4.89. The van der Waals surface area contributed by atoms with Crippen LogP contribution < -0.4 is 0 Å². The number of rotatable bonds is 6. The molecule has 0 aromatic heterocycles. The predicted molar refractivity (Wildman–Crippen MR) is 101 cm³/mol. The molecule has 0 spiro atoms. The summed E-state index contributed by atoms with van der Waals surface area (Å²) in [6.45, 7) is 3.57. The highest BCUT2D eigenvalue weighted by Crippen LogP contribution is 2.21. The molecular weight excluding hydrogens is 387 g/mol. The van der Waals surface area contributed by atoms with E-state index >= 15 is 0 Å². The molecule has 1 aromatic rings. The zero-order valence-electron chi connectivity index (χ0n) is 16.0. The number of amides is 1. The van der Waals surface area contributed by atoms with Crippen molar-refractivity contribution in [3.63, 3.8) is 0 Å². The molecule has 2 fully saturated rings. The highest BCUT2D eigenvalue weighted by molar-refractivity contribution is 7.89. The molecule has 0 aliphatic carbocycles. The molecule has 0 radical (unpaired) electrons. The van der Waals surface area contributed by atoms with Gasteiger partial charge in [-0.2, -0.15) is 4.31 Å². The zero-order valence-corrected chi connectivity index (χ0v) is 16.9. The van der Waals surface area contributed by atoms with E-state index in [1.165, 1.54) is 22.5 Å². The average Bonchev–Trinajstić information content (AvgIpc) is 2.72. The Balaban J connectivity index is 1.51. The van der Waals surface area contributed by atoms with Gasteiger partial charge < -0.3 is 14.4 Å². The van der Waals surface area contributed by atoms with E-state index in [0.29, 0.717) is 6.61 Å². The first-order valence-corrected chi connectivity index (χ1v) is 11.1. The second-order valence-electron chi connectivity index (χ2n) is 7.12. The maximum absolute atomic E-state index is 13.9. The molecule has 1 aromatic carbocycles. The number of hydrogen-bond donors (Lipinski definition) is 0. The van der Waals surface area contributed by atoms with E-state index in [9.17, 15) is 17.6 Å². The maximum Gasteiger partial charge on any atom is 0.251 e. The molecule has 0 unspecified atom stereocenters. The van der Waals surface area contributed by atoms with Crippen molar-refractivity contribution in [2.24, 2.45) is 0 Å². The van der Waals surface area contributed by atoms with Crippen molar-refractivity contribution >= 4 is 15.9 Å². The van der Waals surface area contributed by atoms with Gasteiger partial charge in [0.1, 0.15) is 16.8 Å². The smallest absolute Gasteiger partial charge is 0.251 e. The van der Waals surface area contributed by atoms with Gasteiger partial charge in [0, 0.05) is 32.8 Å². The SMILES string of the molecule is C[C@H](OC[C@@H]1CCCCO1)C(=O)N1CCN(S(=O)(=O)c2ccccc2F)CC1. The van der Waals surface area contributed by atoms with Crippen molar-refractivity contribution in [1.29, 1.82) is 0 Å². The average molecular weight is 414 g/mol. The predicted octanol–water partition coefficient (Wildman–Crippen LogP) is 1.63. The van der Waals surface area contributed by atoms with Gasteiger partial charge in [0.25, 0.3) is 5.91 Å². The number of benzene rings is 1. The number of ether oxygens (including phenoxy) is 2. The summed E-state index contributed by atoms with van der Waals surface area (Å²) in [6.07, 6.45) is 2.53. The molecule has 2 atom stereocenters. The lowest BCUT2D eigenvalue weighted by Gasteiger charge is -2.35. The summed E-state index contributed by atoms with van der Waals surface area (Å²) in [5.74, 6) is -0.938. The third-order valence-corrected chi connectivity index (χ3v) is 7.09. The van der Waals surface area contributed by atoms with Crippen LogP contribution in [0.1, 0.15) is 26.2 Å². The zero-order chi connectivity index (χ0) is 20.1. The van der Waals surface area contributed by atoms with Crippen LogP contribution in [-0.4, -0.2) is 75.1 Å². The normalized spacial score (nSPS) is 22.8. The number of piperazine rings is 1. The fraction of sp³-hybridized carbons (Fsp3) is 0.632. The molecule has 28 heavy (non-hydrogen) atoms. The van der Waals surface area contributed by atoms with E-state index in [2.05, 4.69) is 0 Å². The summed E-state index contributed by atoms with van der Waals surface area (Å²) in [7, 11) is -3.91. The van der Waals surface area contributed by atoms with Crippen LogP contribution in [-0.2, 0) is 24.3 Å². The minimum atomic E-state index is -3.91. The molecule has 0 saturated carbocycles. The van der Waals surface area contributed by atoms with E-state index in [1.807, 2.05) is 0 Å². The van der Waals surface area contributed by atoms with Gasteiger partial charge in [-0.1, -0.05) is 12.1 Å². The molecule has 1 amide bonds. The molecule has 3 rings (SSSR count). The summed E-state index contributed by atoms with van der Waals surface area (Å²) in [6, 6.07) is 5.32. The number of halogens is 1. The van der Waals surface area contributed by atoms with E-state index in [1.54, 1.807) is 11.8 Å². The lowest BCUT2D eigenvalue weighted by Crippen LogP contribution is -2.53. The minimum Gasteiger partial charge on any atom is -0.376 e. The van der Waals surface area contributed by atoms with Crippen molar-refractivity contribution < 1.29 is 27.1 Å². The number of nitrogens with zero attached hydrogens (tertiary/aromatic N) is 2. The third-order valence-electron chi connectivity index (χ3n) is 5.16. The molecule has 7 nitrogen and oxygen atoms in total. The van der Waals surface area contributed by atoms with Gasteiger partial charge in [0.05, 0.1) is 12.7 Å². The largest absolute Gasteiger partial charge is 0.376 e. The summed E-state index contributed by atoms with van der Waals surface area (Å²) in [5.41, 5.74) is 0. The Morgan fingerprint density at radius 3 is 2.61 bits per heavy atom. The molecule has 9 heteroatoms. The monoisotopic (exact) mass is 414 g/mol. The van der Waals surface area contributed by atoms with Gasteiger partial charge >= 0.3 is 0 Å². The van der Waals surface area contributed by atoms with E-state index in [0.717, 1.165) is 31.9 Å². The van der Waals surface area contributed by atoms with E-state index in [4.69, 9.17) is 9.47 Å². The second kappa shape index (κ2) is 9.30. The van der Waals surface area contributed by atoms with Crippen LogP contribution in [0.25, 0.3) is 0 Å². The maximum atomic E-state index is 13.9. The van der Waals surface area contributed by atoms with E-state index < -0.39 is 21.9 Å². The van der Waals surface area contributed by atoms with Crippen LogP contribution in [0.2, 0.25) is 0 Å². The molecule has 2 heterocycles. The lowest BCUT2D eigenvalue weighted by molar-refractivity contribution is -0.147. The Labute approximate surface area is 165 Å². The first-order valence-electron chi connectivity index (χ1n) is 9.66. The topological polar surface area (TPSA) is 76.2 Å². The van der Waals surface area contributed by atoms with Gasteiger partial charge in [0.15, 0.2) is 0 Å². The van der Waals surface area contributed by atoms with Crippen molar-refractivity contribution in [2.45, 2.75) is 43.3 Å². The molecule has 156 valence electrons. The highest BCUT2D eigenvalue weighted by Gasteiger charge is 2.33.